The van der Waals surface area contributed by atoms with Gasteiger partial charge in [0, 0.05) is 0 Å². The lowest BCUT2D eigenvalue weighted by atomic mass is 10.2. The summed E-state index contributed by atoms with van der Waals surface area (Å²) in [5.74, 6) is 0. The second-order valence-corrected chi connectivity index (χ2v) is 4.68. The first kappa shape index (κ1) is 10.8. The molecule has 16 heavy (non-hydrogen) atoms. The Bertz CT molecular complexity index is 601. The zero-order valence-electron chi connectivity index (χ0n) is 8.40. The first-order valence-corrected chi connectivity index (χ1v) is 5.88. The molecule has 7 heteroatoms. The van der Waals surface area contributed by atoms with E-state index in [1.165, 1.54) is 4.68 Å². The van der Waals surface area contributed by atoms with Gasteiger partial charge in [-0.15, -0.1) is 5.10 Å². The van der Waals surface area contributed by atoms with Crippen LogP contribution >= 0.6 is 0 Å². The average Bonchev–Trinajstić information content (AvgIpc) is 2.67. The van der Waals surface area contributed by atoms with Crippen LogP contribution in [0, 0.1) is 6.92 Å². The van der Waals surface area contributed by atoms with Gasteiger partial charge in [0.25, 0.3) is 0 Å². The molecule has 1 aromatic carbocycles. The lowest BCUT2D eigenvalue weighted by Gasteiger charge is -1.99. The zero-order valence-corrected chi connectivity index (χ0v) is 9.22. The Morgan fingerprint density at radius 1 is 1.25 bits per heavy atom. The van der Waals surface area contributed by atoms with Gasteiger partial charge >= 0.3 is 10.1 Å². The molecule has 0 fully saturated rings. The Labute approximate surface area is 92.3 Å². The third-order valence-corrected chi connectivity index (χ3v) is 2.75. The quantitative estimate of drug-likeness (QED) is 0.784. The fraction of sp³-hybridized carbons (Fsp3) is 0.111. The van der Waals surface area contributed by atoms with Crippen molar-refractivity contribution in [1.29, 1.82) is 0 Å². The molecule has 0 spiro atoms. The predicted molar refractivity (Wildman–Crippen MR) is 55.9 cm³/mol. The molecular formula is C9H9N3O3S. The van der Waals surface area contributed by atoms with Crippen molar-refractivity contribution in [3.63, 3.8) is 0 Å². The van der Waals surface area contributed by atoms with Gasteiger partial charge in [0.05, 0.1) is 11.9 Å². The van der Waals surface area contributed by atoms with Crippen LogP contribution in [0.1, 0.15) is 5.56 Å². The van der Waals surface area contributed by atoms with E-state index < -0.39 is 15.1 Å². The molecule has 1 N–H and O–H groups in total. The van der Waals surface area contributed by atoms with Gasteiger partial charge in [0.2, 0.25) is 5.03 Å². The molecule has 0 radical (unpaired) electrons. The first-order valence-electron chi connectivity index (χ1n) is 4.44. The molecule has 84 valence electrons. The van der Waals surface area contributed by atoms with Crippen molar-refractivity contribution in [2.45, 2.75) is 11.9 Å². The molecule has 2 rings (SSSR count). The number of benzene rings is 1. The minimum Gasteiger partial charge on any atom is -0.281 e. The van der Waals surface area contributed by atoms with Crippen LogP contribution in [-0.2, 0) is 10.1 Å². The molecule has 0 saturated heterocycles. The maximum Gasteiger partial charge on any atom is 0.315 e. The second-order valence-electron chi connectivity index (χ2n) is 3.31. The summed E-state index contributed by atoms with van der Waals surface area (Å²) in [6, 6.07) is 7.28. The Morgan fingerprint density at radius 3 is 2.38 bits per heavy atom. The molecule has 0 unspecified atom stereocenters. The molecule has 6 nitrogen and oxygen atoms in total. The summed E-state index contributed by atoms with van der Waals surface area (Å²) in [5.41, 5.74) is 1.76. The van der Waals surface area contributed by atoms with Crippen LogP contribution in [0.25, 0.3) is 5.69 Å². The highest BCUT2D eigenvalue weighted by Gasteiger charge is 2.14. The molecule has 0 amide bonds. The van der Waals surface area contributed by atoms with Crippen LogP contribution in [0.2, 0.25) is 0 Å². The van der Waals surface area contributed by atoms with Crippen LogP contribution in [0.4, 0.5) is 0 Å². The first-order chi connectivity index (χ1) is 7.47. The number of aromatic nitrogens is 3. The second kappa shape index (κ2) is 3.69. The zero-order chi connectivity index (χ0) is 11.8. The highest BCUT2D eigenvalue weighted by molar-refractivity contribution is 7.85. The number of nitrogens with zero attached hydrogens (tertiary/aromatic N) is 3. The third-order valence-electron chi connectivity index (χ3n) is 2.04. The summed E-state index contributed by atoms with van der Waals surface area (Å²) < 4.78 is 31.6. The normalized spacial score (nSPS) is 11.6. The van der Waals surface area contributed by atoms with Gasteiger partial charge in [-0.2, -0.15) is 8.42 Å². The number of hydrogen-bond acceptors (Lipinski definition) is 4. The van der Waals surface area contributed by atoms with Crippen LogP contribution in [-0.4, -0.2) is 28.0 Å². The van der Waals surface area contributed by atoms with Crippen LogP contribution in [0.5, 0.6) is 0 Å². The van der Waals surface area contributed by atoms with Crippen molar-refractivity contribution in [2.75, 3.05) is 0 Å². The maximum atomic E-state index is 10.8. The highest BCUT2D eigenvalue weighted by atomic mass is 32.2. The van der Waals surface area contributed by atoms with E-state index >= 15 is 0 Å². The van der Waals surface area contributed by atoms with Crippen molar-refractivity contribution in [1.82, 2.24) is 15.0 Å². The Kier molecular flexibility index (Phi) is 2.49. The van der Waals surface area contributed by atoms with E-state index in [0.29, 0.717) is 5.69 Å². The standard InChI is InChI=1S/C9H9N3O3S/c1-7-2-4-8(5-3-7)12-6-9(10-11-12)16(13,14)15/h2-6H,1H3,(H,13,14,15). The largest absolute Gasteiger partial charge is 0.315 e. The van der Waals surface area contributed by atoms with Gasteiger partial charge in [-0.1, -0.05) is 22.9 Å². The molecule has 0 saturated carbocycles. The van der Waals surface area contributed by atoms with Crippen molar-refractivity contribution in [3.8, 4) is 5.69 Å². The molecular weight excluding hydrogens is 230 g/mol. The molecule has 0 aliphatic rings. The fourth-order valence-electron chi connectivity index (χ4n) is 1.19. The maximum absolute atomic E-state index is 10.8. The minimum absolute atomic E-state index is 0.465. The van der Waals surface area contributed by atoms with Crippen LogP contribution in [0.15, 0.2) is 35.5 Å². The smallest absolute Gasteiger partial charge is 0.281 e. The topological polar surface area (TPSA) is 85.1 Å². The van der Waals surface area contributed by atoms with Gasteiger partial charge in [-0.3, -0.25) is 4.55 Å². The van der Waals surface area contributed by atoms with Gasteiger partial charge < -0.3 is 0 Å². The van der Waals surface area contributed by atoms with Gasteiger partial charge in [-0.25, -0.2) is 4.68 Å². The minimum atomic E-state index is -4.29. The van der Waals surface area contributed by atoms with Crippen molar-refractivity contribution >= 4 is 10.1 Å². The Balaban J connectivity index is 2.43. The molecule has 0 atom stereocenters. The number of aryl methyl sites for hydroxylation is 1. The fourth-order valence-corrected chi connectivity index (χ4v) is 1.56. The number of hydrogen-bond donors (Lipinski definition) is 1. The molecule has 0 aliphatic heterocycles. The van der Waals surface area contributed by atoms with E-state index in [-0.39, 0.29) is 0 Å². The summed E-state index contributed by atoms with van der Waals surface area (Å²) in [6.45, 7) is 1.94. The van der Waals surface area contributed by atoms with Crippen molar-refractivity contribution < 1.29 is 13.0 Å². The molecule has 2 aromatic rings. The monoisotopic (exact) mass is 239 g/mol. The van der Waals surface area contributed by atoms with E-state index in [2.05, 4.69) is 10.3 Å². The summed E-state index contributed by atoms with van der Waals surface area (Å²) in [6.07, 6.45) is 1.15. The van der Waals surface area contributed by atoms with Crippen molar-refractivity contribution in [2.24, 2.45) is 0 Å². The van der Waals surface area contributed by atoms with Crippen molar-refractivity contribution in [3.05, 3.63) is 36.0 Å². The average molecular weight is 239 g/mol. The summed E-state index contributed by atoms with van der Waals surface area (Å²) in [4.78, 5) is 0. The lowest BCUT2D eigenvalue weighted by molar-refractivity contribution is 0.479. The molecule has 1 aromatic heterocycles. The van der Waals surface area contributed by atoms with E-state index in [1.54, 1.807) is 12.1 Å². The van der Waals surface area contributed by atoms with Gasteiger partial charge in [0.1, 0.15) is 0 Å². The summed E-state index contributed by atoms with van der Waals surface area (Å²) in [5, 5.41) is 6.51. The highest BCUT2D eigenvalue weighted by Crippen LogP contribution is 2.10. The summed E-state index contributed by atoms with van der Waals surface area (Å²) in [7, 11) is -4.29. The van der Waals surface area contributed by atoms with Crippen LogP contribution in [0.3, 0.4) is 0 Å². The molecule has 1 heterocycles. The SMILES string of the molecule is Cc1ccc(-n2cc(S(=O)(=O)O)nn2)cc1. The molecule has 0 bridgehead atoms. The predicted octanol–water partition coefficient (Wildman–Crippen LogP) is 0.822. The molecule has 0 aliphatic carbocycles. The van der Waals surface area contributed by atoms with E-state index in [9.17, 15) is 8.42 Å². The summed E-state index contributed by atoms with van der Waals surface area (Å²) >= 11 is 0. The number of rotatable bonds is 2. The van der Waals surface area contributed by atoms with E-state index in [1.807, 2.05) is 19.1 Å². The third kappa shape index (κ3) is 2.10. The van der Waals surface area contributed by atoms with E-state index in [4.69, 9.17) is 4.55 Å². The Morgan fingerprint density at radius 2 is 1.88 bits per heavy atom. The Hall–Kier alpha value is -1.73. The van der Waals surface area contributed by atoms with Gasteiger partial charge in [0.15, 0.2) is 0 Å². The lowest BCUT2D eigenvalue weighted by Crippen LogP contribution is -1.97. The van der Waals surface area contributed by atoms with Gasteiger partial charge in [-0.05, 0) is 19.1 Å². The van der Waals surface area contributed by atoms with Crippen LogP contribution < -0.4 is 0 Å². The van der Waals surface area contributed by atoms with E-state index in [0.717, 1.165) is 11.8 Å².